The highest BCUT2D eigenvalue weighted by Crippen LogP contribution is 2.24. The maximum Gasteiger partial charge on any atom is 0.338 e. The van der Waals surface area contributed by atoms with Crippen molar-refractivity contribution in [2.75, 3.05) is 20.2 Å². The Labute approximate surface area is 155 Å². The zero-order chi connectivity index (χ0) is 19.4. The van der Waals surface area contributed by atoms with Gasteiger partial charge in [0.15, 0.2) is 6.61 Å². The molecule has 1 heterocycles. The van der Waals surface area contributed by atoms with Crippen LogP contribution in [0.15, 0.2) is 48.5 Å². The molecule has 0 saturated heterocycles. The number of hydrogen-bond acceptors (Lipinski definition) is 5. The number of imide groups is 1. The number of esters is 1. The van der Waals surface area contributed by atoms with Crippen LogP contribution in [0, 0.1) is 0 Å². The minimum Gasteiger partial charge on any atom is -0.452 e. The summed E-state index contributed by atoms with van der Waals surface area (Å²) in [5.74, 6) is -1.99. The molecule has 0 fully saturated rings. The molecule has 3 amide bonds. The summed E-state index contributed by atoms with van der Waals surface area (Å²) in [6.07, 6.45) is 0.549. The minimum atomic E-state index is -0.732. The largest absolute Gasteiger partial charge is 0.452 e. The summed E-state index contributed by atoms with van der Waals surface area (Å²) < 4.78 is 4.87. The van der Waals surface area contributed by atoms with Gasteiger partial charge in [-0.25, -0.2) is 4.79 Å². The normalized spacial score (nSPS) is 12.7. The van der Waals surface area contributed by atoms with E-state index in [0.717, 1.165) is 5.56 Å². The van der Waals surface area contributed by atoms with Crippen molar-refractivity contribution in [3.8, 4) is 0 Å². The number of rotatable bonds is 6. The highest BCUT2D eigenvalue weighted by atomic mass is 16.5. The number of benzene rings is 2. The van der Waals surface area contributed by atoms with E-state index in [-0.39, 0.29) is 29.1 Å². The summed E-state index contributed by atoms with van der Waals surface area (Å²) >= 11 is 0. The summed E-state index contributed by atoms with van der Waals surface area (Å²) in [6.45, 7) is -0.157. The Bertz CT molecular complexity index is 908. The van der Waals surface area contributed by atoms with Crippen LogP contribution >= 0.6 is 0 Å². The molecule has 2 aromatic rings. The Hall–Kier alpha value is -3.48. The average molecular weight is 366 g/mol. The zero-order valence-corrected chi connectivity index (χ0v) is 14.7. The van der Waals surface area contributed by atoms with Crippen molar-refractivity contribution in [2.24, 2.45) is 0 Å². The Morgan fingerprint density at radius 2 is 1.70 bits per heavy atom. The van der Waals surface area contributed by atoms with Crippen LogP contribution in [0.3, 0.4) is 0 Å². The lowest BCUT2D eigenvalue weighted by atomic mass is 10.1. The Balaban J connectivity index is 1.72. The van der Waals surface area contributed by atoms with Gasteiger partial charge in [-0.15, -0.1) is 0 Å². The van der Waals surface area contributed by atoms with Crippen LogP contribution in [-0.2, 0) is 16.0 Å². The Morgan fingerprint density at radius 3 is 2.41 bits per heavy atom. The molecule has 0 aliphatic carbocycles. The lowest BCUT2D eigenvalue weighted by Gasteiger charge is -2.13. The summed E-state index contributed by atoms with van der Waals surface area (Å²) in [5.41, 5.74) is 1.56. The Kier molecular flexibility index (Phi) is 5.30. The smallest absolute Gasteiger partial charge is 0.338 e. The summed E-state index contributed by atoms with van der Waals surface area (Å²) in [7, 11) is 1.43. The fraction of sp³-hybridized carbons (Fsp3) is 0.200. The third kappa shape index (κ3) is 3.87. The molecule has 1 aliphatic heterocycles. The molecule has 0 saturated carbocycles. The molecule has 0 bridgehead atoms. The van der Waals surface area contributed by atoms with Gasteiger partial charge >= 0.3 is 5.97 Å². The number of carbonyl (C=O) groups excluding carboxylic acids is 4. The molecule has 2 aromatic carbocycles. The molecule has 3 rings (SSSR count). The van der Waals surface area contributed by atoms with Crippen molar-refractivity contribution in [3.05, 3.63) is 70.8 Å². The molecular weight excluding hydrogens is 348 g/mol. The molecule has 27 heavy (non-hydrogen) atoms. The van der Waals surface area contributed by atoms with Gasteiger partial charge in [0, 0.05) is 13.6 Å². The number of ether oxygens (including phenoxy) is 1. The number of hydrogen-bond donors (Lipinski definition) is 1. The van der Waals surface area contributed by atoms with E-state index in [1.165, 1.54) is 30.1 Å². The number of likely N-dealkylation sites (N-methyl/N-ethyl adjacent to an activating group) is 1. The van der Waals surface area contributed by atoms with Gasteiger partial charge in [0.1, 0.15) is 0 Å². The average Bonchev–Trinajstić information content (AvgIpc) is 2.94. The molecule has 0 spiro atoms. The van der Waals surface area contributed by atoms with E-state index >= 15 is 0 Å². The number of fused-ring (bicyclic) bond motifs is 1. The van der Waals surface area contributed by atoms with E-state index in [4.69, 9.17) is 4.74 Å². The molecule has 7 heteroatoms. The van der Waals surface area contributed by atoms with Crippen molar-refractivity contribution < 1.29 is 23.9 Å². The second-order valence-electron chi connectivity index (χ2n) is 6.01. The van der Waals surface area contributed by atoms with Crippen LogP contribution in [0.2, 0.25) is 0 Å². The summed E-state index contributed by atoms with van der Waals surface area (Å²) in [4.78, 5) is 49.5. The van der Waals surface area contributed by atoms with Gasteiger partial charge in [-0.1, -0.05) is 30.3 Å². The molecule has 1 N–H and O–H groups in total. The number of amides is 3. The first-order chi connectivity index (χ1) is 13.0. The quantitative estimate of drug-likeness (QED) is 0.617. The molecule has 1 aliphatic rings. The minimum absolute atomic E-state index is 0.115. The predicted octanol–water partition coefficient (Wildman–Crippen LogP) is 1.43. The van der Waals surface area contributed by atoms with E-state index < -0.39 is 24.4 Å². The molecule has 0 aromatic heterocycles. The van der Waals surface area contributed by atoms with Crippen molar-refractivity contribution in [2.45, 2.75) is 6.42 Å². The first-order valence-electron chi connectivity index (χ1n) is 8.43. The predicted molar refractivity (Wildman–Crippen MR) is 96.3 cm³/mol. The van der Waals surface area contributed by atoms with E-state index in [1.807, 2.05) is 30.3 Å². The van der Waals surface area contributed by atoms with E-state index in [2.05, 4.69) is 5.32 Å². The van der Waals surface area contributed by atoms with Gasteiger partial charge in [-0.05, 0) is 30.2 Å². The van der Waals surface area contributed by atoms with Gasteiger partial charge in [0.05, 0.1) is 16.7 Å². The SMILES string of the molecule is CNC(=O)COC(=O)c1ccc2c(c1)C(=O)N(CCc1ccccc1)C2=O. The third-order valence-corrected chi connectivity index (χ3v) is 4.29. The summed E-state index contributed by atoms with van der Waals surface area (Å²) in [6, 6.07) is 13.7. The van der Waals surface area contributed by atoms with Crippen molar-refractivity contribution >= 4 is 23.7 Å². The lowest BCUT2D eigenvalue weighted by Crippen LogP contribution is -2.31. The number of nitrogens with one attached hydrogen (secondary N) is 1. The second-order valence-corrected chi connectivity index (χ2v) is 6.01. The van der Waals surface area contributed by atoms with Crippen molar-refractivity contribution in [3.63, 3.8) is 0 Å². The molecule has 0 atom stereocenters. The first kappa shape index (κ1) is 18.3. The van der Waals surface area contributed by atoms with E-state index in [0.29, 0.717) is 6.42 Å². The molecule has 0 unspecified atom stereocenters. The van der Waals surface area contributed by atoms with Gasteiger partial charge in [0.25, 0.3) is 17.7 Å². The van der Waals surface area contributed by atoms with Crippen LogP contribution in [-0.4, -0.2) is 48.8 Å². The molecule has 7 nitrogen and oxygen atoms in total. The lowest BCUT2D eigenvalue weighted by molar-refractivity contribution is -0.123. The van der Waals surface area contributed by atoms with Crippen molar-refractivity contribution in [1.29, 1.82) is 0 Å². The zero-order valence-electron chi connectivity index (χ0n) is 14.7. The van der Waals surface area contributed by atoms with Crippen LogP contribution in [0.4, 0.5) is 0 Å². The van der Waals surface area contributed by atoms with Gasteiger partial charge in [0.2, 0.25) is 0 Å². The van der Waals surface area contributed by atoms with Crippen molar-refractivity contribution in [1.82, 2.24) is 10.2 Å². The maximum atomic E-state index is 12.6. The maximum absolute atomic E-state index is 12.6. The van der Waals surface area contributed by atoms with Crippen LogP contribution < -0.4 is 5.32 Å². The fourth-order valence-corrected chi connectivity index (χ4v) is 2.79. The molecule has 0 radical (unpaired) electrons. The number of nitrogens with zero attached hydrogens (tertiary/aromatic N) is 1. The van der Waals surface area contributed by atoms with E-state index in [9.17, 15) is 19.2 Å². The highest BCUT2D eigenvalue weighted by molar-refractivity contribution is 6.22. The third-order valence-electron chi connectivity index (χ3n) is 4.29. The van der Waals surface area contributed by atoms with Crippen LogP contribution in [0.5, 0.6) is 0 Å². The van der Waals surface area contributed by atoms with E-state index in [1.54, 1.807) is 0 Å². The highest BCUT2D eigenvalue weighted by Gasteiger charge is 2.35. The second kappa shape index (κ2) is 7.82. The van der Waals surface area contributed by atoms with Crippen LogP contribution in [0.25, 0.3) is 0 Å². The van der Waals surface area contributed by atoms with Gasteiger partial charge in [-0.2, -0.15) is 0 Å². The standard InChI is InChI=1S/C20H18N2O5/c1-21-17(23)12-27-20(26)14-7-8-15-16(11-14)19(25)22(18(15)24)10-9-13-5-3-2-4-6-13/h2-8,11H,9-10,12H2,1H3,(H,21,23). The molecule has 138 valence electrons. The molecular formula is C20H18N2O5. The van der Waals surface area contributed by atoms with Crippen LogP contribution in [0.1, 0.15) is 36.6 Å². The summed E-state index contributed by atoms with van der Waals surface area (Å²) in [5, 5.41) is 2.34. The topological polar surface area (TPSA) is 92.8 Å². The van der Waals surface area contributed by atoms with Gasteiger partial charge in [-0.3, -0.25) is 19.3 Å². The fourth-order valence-electron chi connectivity index (χ4n) is 2.79. The number of carbonyl (C=O) groups is 4. The Morgan fingerprint density at radius 1 is 1.00 bits per heavy atom. The monoisotopic (exact) mass is 366 g/mol. The first-order valence-corrected chi connectivity index (χ1v) is 8.43. The van der Waals surface area contributed by atoms with Gasteiger partial charge < -0.3 is 10.1 Å².